The maximum atomic E-state index is 12.1. The minimum Gasteiger partial charge on any atom is -0.299 e. The molecule has 0 fully saturated rings. The van der Waals surface area contributed by atoms with Crippen LogP contribution >= 0.6 is 0 Å². The van der Waals surface area contributed by atoms with Crippen molar-refractivity contribution in [3.63, 3.8) is 0 Å². The standard InChI is InChI=1S/C17H29N3O2S/c1-15(2)13-19(3)23(21,22)18-10-6-11-20-12-9-16-7-4-5-8-17(16)14-20/h4-5,7-8,15,18H,6,9-14H2,1-3H3. The van der Waals surface area contributed by atoms with Crippen molar-refractivity contribution in [2.45, 2.75) is 33.2 Å². The quantitative estimate of drug-likeness (QED) is 0.736. The zero-order valence-electron chi connectivity index (χ0n) is 14.5. The second-order valence-electron chi connectivity index (χ2n) is 6.72. The van der Waals surface area contributed by atoms with E-state index >= 15 is 0 Å². The first-order valence-electron chi connectivity index (χ1n) is 8.38. The van der Waals surface area contributed by atoms with E-state index in [-0.39, 0.29) is 0 Å². The summed E-state index contributed by atoms with van der Waals surface area (Å²) in [6, 6.07) is 8.56. The van der Waals surface area contributed by atoms with Gasteiger partial charge in [-0.3, -0.25) is 4.90 Å². The van der Waals surface area contributed by atoms with Crippen molar-refractivity contribution in [3.05, 3.63) is 35.4 Å². The van der Waals surface area contributed by atoms with E-state index in [2.05, 4.69) is 33.9 Å². The number of rotatable bonds is 8. The lowest BCUT2D eigenvalue weighted by atomic mass is 10.00. The predicted molar refractivity (Wildman–Crippen MR) is 94.4 cm³/mol. The third-order valence-corrected chi connectivity index (χ3v) is 5.72. The Morgan fingerprint density at radius 3 is 2.65 bits per heavy atom. The van der Waals surface area contributed by atoms with Crippen LogP contribution in [0.4, 0.5) is 0 Å². The molecule has 1 aliphatic rings. The maximum Gasteiger partial charge on any atom is 0.279 e. The van der Waals surface area contributed by atoms with E-state index in [1.807, 2.05) is 13.8 Å². The molecule has 0 spiro atoms. The second-order valence-corrected chi connectivity index (χ2v) is 8.58. The number of benzene rings is 1. The molecule has 1 N–H and O–H groups in total. The molecule has 0 amide bonds. The predicted octanol–water partition coefficient (Wildman–Crippen LogP) is 1.86. The molecule has 1 heterocycles. The topological polar surface area (TPSA) is 52.7 Å². The van der Waals surface area contributed by atoms with Gasteiger partial charge in [0.15, 0.2) is 0 Å². The summed E-state index contributed by atoms with van der Waals surface area (Å²) in [5.41, 5.74) is 2.84. The Bertz CT molecular complexity index is 602. The summed E-state index contributed by atoms with van der Waals surface area (Å²) in [4.78, 5) is 2.40. The van der Waals surface area contributed by atoms with Gasteiger partial charge < -0.3 is 0 Å². The normalized spacial score (nSPS) is 16.0. The van der Waals surface area contributed by atoms with Crippen LogP contribution in [0.5, 0.6) is 0 Å². The summed E-state index contributed by atoms with van der Waals surface area (Å²) in [6.45, 7) is 8.00. The first-order chi connectivity index (χ1) is 10.9. The Kier molecular flexibility index (Phi) is 6.59. The maximum absolute atomic E-state index is 12.1. The smallest absolute Gasteiger partial charge is 0.279 e. The van der Waals surface area contributed by atoms with Crippen LogP contribution in [0.3, 0.4) is 0 Å². The summed E-state index contributed by atoms with van der Waals surface area (Å²) in [6.07, 6.45) is 1.91. The van der Waals surface area contributed by atoms with E-state index in [0.29, 0.717) is 19.0 Å². The zero-order valence-corrected chi connectivity index (χ0v) is 15.3. The van der Waals surface area contributed by atoms with Crippen LogP contribution in [0.25, 0.3) is 0 Å². The third-order valence-electron chi connectivity index (χ3n) is 4.18. The number of nitrogens with zero attached hydrogens (tertiary/aromatic N) is 2. The molecule has 1 aliphatic heterocycles. The van der Waals surface area contributed by atoms with Crippen molar-refractivity contribution in [2.24, 2.45) is 5.92 Å². The van der Waals surface area contributed by atoms with Crippen molar-refractivity contribution in [1.82, 2.24) is 13.9 Å². The van der Waals surface area contributed by atoms with Crippen LogP contribution in [0, 0.1) is 5.92 Å². The summed E-state index contributed by atoms with van der Waals surface area (Å²) in [5, 5.41) is 0. The van der Waals surface area contributed by atoms with Gasteiger partial charge in [0.25, 0.3) is 10.2 Å². The molecule has 6 heteroatoms. The SMILES string of the molecule is CC(C)CN(C)S(=O)(=O)NCCCN1CCc2ccccc2C1. The Labute approximate surface area is 140 Å². The minimum absolute atomic E-state index is 0.324. The average molecular weight is 340 g/mol. The highest BCUT2D eigenvalue weighted by molar-refractivity contribution is 7.87. The van der Waals surface area contributed by atoms with Crippen LogP contribution < -0.4 is 4.72 Å². The number of hydrogen-bond donors (Lipinski definition) is 1. The molecule has 0 bridgehead atoms. The van der Waals surface area contributed by atoms with Crippen molar-refractivity contribution in [2.75, 3.05) is 33.2 Å². The number of nitrogens with one attached hydrogen (secondary N) is 1. The van der Waals surface area contributed by atoms with E-state index < -0.39 is 10.2 Å². The van der Waals surface area contributed by atoms with Gasteiger partial charge in [0, 0.05) is 33.2 Å². The third kappa shape index (κ3) is 5.57. The van der Waals surface area contributed by atoms with Crippen molar-refractivity contribution >= 4 is 10.2 Å². The Morgan fingerprint density at radius 2 is 1.96 bits per heavy atom. The van der Waals surface area contributed by atoms with Crippen LogP contribution in [-0.4, -0.2) is 50.8 Å². The molecule has 1 aromatic carbocycles. The molecule has 0 radical (unpaired) electrons. The van der Waals surface area contributed by atoms with E-state index in [1.165, 1.54) is 15.4 Å². The van der Waals surface area contributed by atoms with E-state index in [1.54, 1.807) is 7.05 Å². The molecule has 130 valence electrons. The van der Waals surface area contributed by atoms with Gasteiger partial charge in [0.1, 0.15) is 0 Å². The molecule has 1 aromatic rings. The largest absolute Gasteiger partial charge is 0.299 e. The van der Waals surface area contributed by atoms with Gasteiger partial charge >= 0.3 is 0 Å². The van der Waals surface area contributed by atoms with Gasteiger partial charge in [-0.25, -0.2) is 4.72 Å². The fourth-order valence-corrected chi connectivity index (χ4v) is 4.09. The number of fused-ring (bicyclic) bond motifs is 1. The Balaban J connectivity index is 1.72. The van der Waals surface area contributed by atoms with Gasteiger partial charge in [0.05, 0.1) is 0 Å². The van der Waals surface area contributed by atoms with E-state index in [9.17, 15) is 8.42 Å². The molecule has 0 saturated heterocycles. The summed E-state index contributed by atoms with van der Waals surface area (Å²) >= 11 is 0. The van der Waals surface area contributed by atoms with E-state index in [0.717, 1.165) is 32.5 Å². The molecule has 0 aromatic heterocycles. The van der Waals surface area contributed by atoms with Crippen LogP contribution in [-0.2, 0) is 23.2 Å². The lowest BCUT2D eigenvalue weighted by Crippen LogP contribution is -2.41. The van der Waals surface area contributed by atoms with Gasteiger partial charge in [-0.2, -0.15) is 12.7 Å². The first-order valence-corrected chi connectivity index (χ1v) is 9.82. The molecule has 5 nitrogen and oxygen atoms in total. The zero-order chi connectivity index (χ0) is 16.9. The summed E-state index contributed by atoms with van der Waals surface area (Å²) in [5.74, 6) is 0.324. The Hall–Kier alpha value is -0.950. The van der Waals surface area contributed by atoms with Gasteiger partial charge in [-0.05, 0) is 36.4 Å². The fraction of sp³-hybridized carbons (Fsp3) is 0.647. The van der Waals surface area contributed by atoms with Crippen LogP contribution in [0.1, 0.15) is 31.4 Å². The summed E-state index contributed by atoms with van der Waals surface area (Å²) in [7, 11) is -1.71. The van der Waals surface area contributed by atoms with Gasteiger partial charge in [-0.15, -0.1) is 0 Å². The van der Waals surface area contributed by atoms with E-state index in [4.69, 9.17) is 0 Å². The molecule has 0 aliphatic carbocycles. The minimum atomic E-state index is -3.34. The first kappa shape index (κ1) is 18.4. The van der Waals surface area contributed by atoms with Crippen LogP contribution in [0.15, 0.2) is 24.3 Å². The summed E-state index contributed by atoms with van der Waals surface area (Å²) < 4.78 is 28.3. The van der Waals surface area contributed by atoms with Crippen molar-refractivity contribution in [3.8, 4) is 0 Å². The fourth-order valence-electron chi connectivity index (χ4n) is 2.97. The molecular weight excluding hydrogens is 310 g/mol. The molecule has 0 unspecified atom stereocenters. The van der Waals surface area contributed by atoms with Gasteiger partial charge in [0.2, 0.25) is 0 Å². The molecule has 2 rings (SSSR count). The number of hydrogen-bond acceptors (Lipinski definition) is 3. The monoisotopic (exact) mass is 339 g/mol. The Morgan fingerprint density at radius 1 is 1.26 bits per heavy atom. The highest BCUT2D eigenvalue weighted by Gasteiger charge is 2.18. The van der Waals surface area contributed by atoms with Gasteiger partial charge in [-0.1, -0.05) is 38.1 Å². The lowest BCUT2D eigenvalue weighted by Gasteiger charge is -2.28. The molecule has 23 heavy (non-hydrogen) atoms. The lowest BCUT2D eigenvalue weighted by molar-refractivity contribution is 0.251. The molecular formula is C17H29N3O2S. The molecule has 0 atom stereocenters. The molecule has 0 saturated carbocycles. The van der Waals surface area contributed by atoms with Crippen molar-refractivity contribution in [1.29, 1.82) is 0 Å². The van der Waals surface area contributed by atoms with Crippen LogP contribution in [0.2, 0.25) is 0 Å². The highest BCUT2D eigenvalue weighted by Crippen LogP contribution is 2.18. The van der Waals surface area contributed by atoms with Crippen molar-refractivity contribution < 1.29 is 8.42 Å². The highest BCUT2D eigenvalue weighted by atomic mass is 32.2. The second kappa shape index (κ2) is 8.24. The average Bonchev–Trinajstić information content (AvgIpc) is 2.51.